The highest BCUT2D eigenvalue weighted by atomic mass is 35.5. The molecule has 0 aliphatic rings. The third-order valence-corrected chi connectivity index (χ3v) is 3.96. The van der Waals surface area contributed by atoms with Crippen LogP contribution in [0.3, 0.4) is 0 Å². The normalized spacial score (nSPS) is 9.70. The van der Waals surface area contributed by atoms with Crippen molar-refractivity contribution in [1.29, 1.82) is 0 Å². The lowest BCUT2D eigenvalue weighted by Crippen LogP contribution is -2.23. The number of rotatable bonds is 3. The zero-order valence-electron chi connectivity index (χ0n) is 10.5. The molecule has 1 aromatic heterocycles. The molecule has 102 valence electrons. The molecule has 2 aromatic rings. The first kappa shape index (κ1) is 14.9. The van der Waals surface area contributed by atoms with Gasteiger partial charge in [0.15, 0.2) is 0 Å². The molecule has 0 bridgehead atoms. The highest BCUT2D eigenvalue weighted by molar-refractivity contribution is 7.09. The van der Waals surface area contributed by atoms with Crippen molar-refractivity contribution in [1.82, 2.24) is 5.32 Å². The van der Waals surface area contributed by atoms with E-state index in [2.05, 4.69) is 17.2 Å². The van der Waals surface area contributed by atoms with Crippen LogP contribution in [0.2, 0.25) is 10.0 Å². The molecule has 1 aromatic carbocycles. The number of nitrogens with one attached hydrogen (secondary N) is 1. The van der Waals surface area contributed by atoms with Gasteiger partial charge in [-0.15, -0.1) is 11.3 Å². The van der Waals surface area contributed by atoms with Crippen LogP contribution in [0.5, 0.6) is 0 Å². The van der Waals surface area contributed by atoms with Gasteiger partial charge in [-0.1, -0.05) is 35.2 Å². The molecule has 0 aliphatic carbocycles. The molecular formula is C15H11Cl2NOS. The van der Waals surface area contributed by atoms with E-state index in [9.17, 15) is 4.79 Å². The summed E-state index contributed by atoms with van der Waals surface area (Å²) < 4.78 is 0. The molecule has 0 fully saturated rings. The predicted octanol–water partition coefficient (Wildman–Crippen LogP) is 3.77. The topological polar surface area (TPSA) is 29.1 Å². The minimum Gasteiger partial charge on any atom is -0.345 e. The summed E-state index contributed by atoms with van der Waals surface area (Å²) in [5, 5.41) is 5.74. The van der Waals surface area contributed by atoms with Crippen LogP contribution in [0.1, 0.15) is 10.4 Å². The Morgan fingerprint density at radius 1 is 1.30 bits per heavy atom. The second-order valence-electron chi connectivity index (χ2n) is 3.96. The molecule has 1 heterocycles. The summed E-state index contributed by atoms with van der Waals surface area (Å²) in [4.78, 5) is 12.8. The summed E-state index contributed by atoms with van der Waals surface area (Å²) >= 11 is 13.4. The second kappa shape index (κ2) is 7.35. The third kappa shape index (κ3) is 4.57. The van der Waals surface area contributed by atoms with Crippen LogP contribution in [-0.2, 0) is 11.2 Å². The van der Waals surface area contributed by atoms with Crippen LogP contribution in [0.15, 0.2) is 35.7 Å². The monoisotopic (exact) mass is 323 g/mol. The summed E-state index contributed by atoms with van der Waals surface area (Å²) in [6.45, 7) is 0.572. The van der Waals surface area contributed by atoms with Gasteiger partial charge in [0.1, 0.15) is 0 Å². The van der Waals surface area contributed by atoms with E-state index in [0.717, 1.165) is 6.42 Å². The smallest absolute Gasteiger partial charge is 0.296 e. The standard InChI is InChI=1S/C15H11Cl2NOS/c16-12-5-3-11(14(17)10-12)4-6-15(19)18-8-7-13-2-1-9-20-13/h1-3,5,9-10H,7-8H2,(H,18,19). The van der Waals surface area contributed by atoms with E-state index in [-0.39, 0.29) is 5.91 Å². The molecule has 20 heavy (non-hydrogen) atoms. The average molecular weight is 324 g/mol. The van der Waals surface area contributed by atoms with Crippen molar-refractivity contribution in [2.45, 2.75) is 6.42 Å². The fourth-order valence-corrected chi connectivity index (χ4v) is 2.68. The molecule has 2 nitrogen and oxygen atoms in total. The number of halogens is 2. The largest absolute Gasteiger partial charge is 0.345 e. The predicted molar refractivity (Wildman–Crippen MR) is 84.4 cm³/mol. The molecular weight excluding hydrogens is 313 g/mol. The van der Waals surface area contributed by atoms with E-state index in [1.54, 1.807) is 29.5 Å². The summed E-state index contributed by atoms with van der Waals surface area (Å²) in [5.41, 5.74) is 0.587. The van der Waals surface area contributed by atoms with Gasteiger partial charge in [-0.05, 0) is 36.1 Å². The van der Waals surface area contributed by atoms with Crippen LogP contribution >= 0.6 is 34.5 Å². The summed E-state index contributed by atoms with van der Waals surface area (Å²) in [6.07, 6.45) is 0.812. The molecule has 1 amide bonds. The van der Waals surface area contributed by atoms with Crippen molar-refractivity contribution in [3.63, 3.8) is 0 Å². The summed E-state index contributed by atoms with van der Waals surface area (Å²) in [6, 6.07) is 9.00. The molecule has 5 heteroatoms. The minimum atomic E-state index is -0.312. The molecule has 0 unspecified atom stereocenters. The molecule has 0 spiro atoms. The van der Waals surface area contributed by atoms with Gasteiger partial charge in [0.25, 0.3) is 5.91 Å². The average Bonchev–Trinajstić information content (AvgIpc) is 2.91. The van der Waals surface area contributed by atoms with Crippen LogP contribution in [0, 0.1) is 11.8 Å². The zero-order chi connectivity index (χ0) is 14.4. The molecule has 2 rings (SSSR count). The lowest BCUT2D eigenvalue weighted by molar-refractivity contribution is -0.115. The van der Waals surface area contributed by atoms with Gasteiger partial charge in [0.2, 0.25) is 0 Å². The van der Waals surface area contributed by atoms with Crippen molar-refractivity contribution in [3.05, 3.63) is 56.2 Å². The Balaban J connectivity index is 1.86. The number of carbonyl (C=O) groups is 1. The first-order chi connectivity index (χ1) is 9.65. The Hall–Kier alpha value is -1.47. The maximum Gasteiger partial charge on any atom is 0.296 e. The van der Waals surface area contributed by atoms with E-state index in [0.29, 0.717) is 22.2 Å². The van der Waals surface area contributed by atoms with Gasteiger partial charge >= 0.3 is 0 Å². The van der Waals surface area contributed by atoms with Crippen LogP contribution < -0.4 is 5.32 Å². The Bertz CT molecular complexity index is 656. The maximum atomic E-state index is 11.6. The Labute approximate surface area is 131 Å². The van der Waals surface area contributed by atoms with Crippen LogP contribution in [0.4, 0.5) is 0 Å². The molecule has 0 saturated carbocycles. The SMILES string of the molecule is O=C(C#Cc1ccc(Cl)cc1Cl)NCCc1cccs1. The number of hydrogen-bond acceptors (Lipinski definition) is 2. The number of amides is 1. The van der Waals surface area contributed by atoms with Gasteiger partial charge in [0.05, 0.1) is 5.02 Å². The van der Waals surface area contributed by atoms with Crippen LogP contribution in [0.25, 0.3) is 0 Å². The minimum absolute atomic E-state index is 0.312. The van der Waals surface area contributed by atoms with Gasteiger partial charge in [-0.3, -0.25) is 4.79 Å². The van der Waals surface area contributed by atoms with E-state index in [1.807, 2.05) is 17.5 Å². The van der Waals surface area contributed by atoms with Crippen molar-refractivity contribution in [2.24, 2.45) is 0 Å². The third-order valence-electron chi connectivity index (χ3n) is 2.48. The van der Waals surface area contributed by atoms with Gasteiger partial charge in [-0.2, -0.15) is 0 Å². The first-order valence-corrected chi connectivity index (χ1v) is 7.56. The fourth-order valence-electron chi connectivity index (χ4n) is 1.51. The summed E-state index contributed by atoms with van der Waals surface area (Å²) in [7, 11) is 0. The van der Waals surface area contributed by atoms with Gasteiger partial charge < -0.3 is 5.32 Å². The molecule has 1 N–H and O–H groups in total. The van der Waals surface area contributed by atoms with Crippen molar-refractivity contribution in [3.8, 4) is 11.8 Å². The number of hydrogen-bond donors (Lipinski definition) is 1. The molecule has 0 radical (unpaired) electrons. The fraction of sp³-hybridized carbons (Fsp3) is 0.133. The van der Waals surface area contributed by atoms with Gasteiger partial charge in [-0.25, -0.2) is 0 Å². The van der Waals surface area contributed by atoms with E-state index < -0.39 is 0 Å². The van der Waals surface area contributed by atoms with E-state index in [1.165, 1.54) is 4.88 Å². The lowest BCUT2D eigenvalue weighted by atomic mass is 10.2. The lowest BCUT2D eigenvalue weighted by Gasteiger charge is -1.99. The highest BCUT2D eigenvalue weighted by Crippen LogP contribution is 2.19. The van der Waals surface area contributed by atoms with E-state index in [4.69, 9.17) is 23.2 Å². The Morgan fingerprint density at radius 3 is 2.85 bits per heavy atom. The molecule has 0 atom stereocenters. The van der Waals surface area contributed by atoms with Crippen molar-refractivity contribution < 1.29 is 4.79 Å². The van der Waals surface area contributed by atoms with Crippen molar-refractivity contribution in [2.75, 3.05) is 6.54 Å². The highest BCUT2D eigenvalue weighted by Gasteiger charge is 1.99. The number of carbonyl (C=O) groups excluding carboxylic acids is 1. The zero-order valence-corrected chi connectivity index (χ0v) is 12.8. The molecule has 0 saturated heterocycles. The molecule has 0 aliphatic heterocycles. The Morgan fingerprint density at radius 2 is 2.15 bits per heavy atom. The first-order valence-electron chi connectivity index (χ1n) is 5.92. The van der Waals surface area contributed by atoms with Crippen LogP contribution in [-0.4, -0.2) is 12.5 Å². The quantitative estimate of drug-likeness (QED) is 0.856. The Kier molecular flexibility index (Phi) is 5.49. The maximum absolute atomic E-state index is 11.6. The van der Waals surface area contributed by atoms with E-state index >= 15 is 0 Å². The van der Waals surface area contributed by atoms with Crippen molar-refractivity contribution >= 4 is 40.4 Å². The number of thiophene rings is 1. The number of benzene rings is 1. The summed E-state index contributed by atoms with van der Waals surface area (Å²) in [5.74, 6) is 4.94. The second-order valence-corrected chi connectivity index (χ2v) is 5.84. The van der Waals surface area contributed by atoms with Gasteiger partial charge in [0, 0.05) is 27.9 Å².